The van der Waals surface area contributed by atoms with Gasteiger partial charge in [0.2, 0.25) is 0 Å². The second-order valence-corrected chi connectivity index (χ2v) is 8.99. The normalized spacial score (nSPS) is 16.4. The summed E-state index contributed by atoms with van der Waals surface area (Å²) in [5.74, 6) is -3.53. The quantitative estimate of drug-likeness (QED) is 0.127. The van der Waals surface area contributed by atoms with Gasteiger partial charge in [0.05, 0.1) is 6.54 Å². The van der Waals surface area contributed by atoms with E-state index >= 15 is 0 Å². The standard InChI is InChI=1S/C25H45NO6/c1-5-6-7-8-9-10-11-12-13-14-15-16-17-18-19-26(20(2)23(27)28,21(3)24(29)30)22(4)25(31)32/h11-12,20-22H,5-10,13-19H2,1-4H3,(H2-,27,28,29,30,31,32)/p+1/b12-11+. The Morgan fingerprint density at radius 1 is 0.625 bits per heavy atom. The molecule has 0 rings (SSSR count). The van der Waals surface area contributed by atoms with Gasteiger partial charge in [-0.3, -0.25) is 4.48 Å². The molecule has 3 unspecified atom stereocenters. The molecule has 0 amide bonds. The summed E-state index contributed by atoms with van der Waals surface area (Å²) in [6.07, 6.45) is 17.7. The molecular weight excluding hydrogens is 410 g/mol. The minimum atomic E-state index is -1.18. The van der Waals surface area contributed by atoms with Crippen molar-refractivity contribution in [3.8, 4) is 0 Å². The third-order valence-electron chi connectivity index (χ3n) is 6.79. The Morgan fingerprint density at radius 3 is 1.34 bits per heavy atom. The number of allylic oxidation sites excluding steroid dienone is 2. The van der Waals surface area contributed by atoms with Gasteiger partial charge in [-0.05, 0) is 59.3 Å². The lowest BCUT2D eigenvalue weighted by molar-refractivity contribution is -0.968. The number of rotatable bonds is 20. The molecule has 0 saturated heterocycles. The summed E-state index contributed by atoms with van der Waals surface area (Å²) in [7, 11) is 0. The van der Waals surface area contributed by atoms with Gasteiger partial charge in [-0.1, -0.05) is 57.6 Å². The maximum Gasteiger partial charge on any atom is 0.362 e. The van der Waals surface area contributed by atoms with Crippen LogP contribution in [0.1, 0.15) is 105 Å². The summed E-state index contributed by atoms with van der Waals surface area (Å²) >= 11 is 0. The Bertz CT molecular complexity index is 539. The van der Waals surface area contributed by atoms with Gasteiger partial charge in [-0.25, -0.2) is 14.4 Å². The lowest BCUT2D eigenvalue weighted by atomic mass is 10.00. The van der Waals surface area contributed by atoms with Crippen LogP contribution >= 0.6 is 0 Å². The number of unbranched alkanes of at least 4 members (excludes halogenated alkanes) is 10. The maximum absolute atomic E-state index is 11.7. The van der Waals surface area contributed by atoms with Crippen molar-refractivity contribution in [3.05, 3.63) is 12.2 Å². The van der Waals surface area contributed by atoms with E-state index in [2.05, 4.69) is 19.1 Å². The molecule has 7 heteroatoms. The number of hydrogen-bond acceptors (Lipinski definition) is 3. The van der Waals surface area contributed by atoms with Crippen molar-refractivity contribution >= 4 is 17.9 Å². The predicted molar refractivity (Wildman–Crippen MR) is 127 cm³/mol. The van der Waals surface area contributed by atoms with Gasteiger partial charge in [-0.15, -0.1) is 0 Å². The number of carbonyl (C=O) groups is 3. The molecule has 0 aromatic carbocycles. The second-order valence-electron chi connectivity index (χ2n) is 8.99. The first-order valence-corrected chi connectivity index (χ1v) is 12.3. The molecule has 0 radical (unpaired) electrons. The van der Waals surface area contributed by atoms with Crippen molar-refractivity contribution in [2.24, 2.45) is 0 Å². The number of aliphatic carboxylic acids is 3. The smallest absolute Gasteiger partial charge is 0.362 e. The zero-order valence-electron chi connectivity index (χ0n) is 20.6. The molecule has 0 aromatic heterocycles. The van der Waals surface area contributed by atoms with Crippen molar-refractivity contribution in [1.29, 1.82) is 0 Å². The first-order chi connectivity index (χ1) is 15.1. The Balaban J connectivity index is 4.56. The summed E-state index contributed by atoms with van der Waals surface area (Å²) < 4.78 is -0.485. The van der Waals surface area contributed by atoms with Gasteiger partial charge in [0.1, 0.15) is 0 Å². The zero-order chi connectivity index (χ0) is 24.6. The summed E-state index contributed by atoms with van der Waals surface area (Å²) in [5.41, 5.74) is 0. The van der Waals surface area contributed by atoms with Crippen molar-refractivity contribution in [2.75, 3.05) is 6.54 Å². The van der Waals surface area contributed by atoms with Gasteiger partial charge < -0.3 is 15.3 Å². The zero-order valence-corrected chi connectivity index (χ0v) is 20.6. The number of carboxylic acid groups (broad SMARTS) is 3. The molecule has 3 atom stereocenters. The molecule has 0 spiro atoms. The molecule has 0 heterocycles. The fraction of sp³-hybridized carbons (Fsp3) is 0.800. The number of hydrogen-bond donors (Lipinski definition) is 3. The van der Waals surface area contributed by atoms with Gasteiger partial charge in [-0.2, -0.15) is 0 Å². The van der Waals surface area contributed by atoms with Crippen LogP contribution in [0.2, 0.25) is 0 Å². The minimum absolute atomic E-state index is 0.215. The third-order valence-corrected chi connectivity index (χ3v) is 6.79. The second kappa shape index (κ2) is 16.7. The minimum Gasteiger partial charge on any atom is -0.477 e. The lowest BCUT2D eigenvalue weighted by Crippen LogP contribution is -2.70. The van der Waals surface area contributed by atoms with E-state index in [0.29, 0.717) is 6.42 Å². The lowest BCUT2D eigenvalue weighted by Gasteiger charge is -2.47. The van der Waals surface area contributed by atoms with Crippen LogP contribution < -0.4 is 0 Å². The average Bonchev–Trinajstić information content (AvgIpc) is 2.75. The number of quaternary nitrogens is 1. The van der Waals surface area contributed by atoms with Gasteiger partial charge >= 0.3 is 17.9 Å². The van der Waals surface area contributed by atoms with Crippen molar-refractivity contribution < 1.29 is 34.2 Å². The molecule has 0 aliphatic rings. The van der Waals surface area contributed by atoms with Crippen molar-refractivity contribution in [3.63, 3.8) is 0 Å². The largest absolute Gasteiger partial charge is 0.477 e. The van der Waals surface area contributed by atoms with Crippen LogP contribution in [0.25, 0.3) is 0 Å². The molecule has 3 N–H and O–H groups in total. The third kappa shape index (κ3) is 10.2. The summed E-state index contributed by atoms with van der Waals surface area (Å²) in [6, 6.07) is -3.38. The molecule has 0 aromatic rings. The first kappa shape index (κ1) is 30.1. The van der Waals surface area contributed by atoms with E-state index in [1.165, 1.54) is 52.9 Å². The van der Waals surface area contributed by atoms with E-state index in [-0.39, 0.29) is 6.54 Å². The van der Waals surface area contributed by atoms with Crippen LogP contribution in [0, 0.1) is 0 Å². The van der Waals surface area contributed by atoms with E-state index in [9.17, 15) is 29.7 Å². The van der Waals surface area contributed by atoms with Gasteiger partial charge in [0, 0.05) is 0 Å². The highest BCUT2D eigenvalue weighted by atomic mass is 16.4. The SMILES string of the molecule is CCCCCCC/C=C/CCCCCCC[N+](C(C)C(=O)O)(C(C)C(=O)O)C(C)C(=O)O. The fourth-order valence-corrected chi connectivity index (χ4v) is 4.48. The highest BCUT2D eigenvalue weighted by molar-refractivity contribution is 5.77. The van der Waals surface area contributed by atoms with E-state index in [4.69, 9.17) is 0 Å². The van der Waals surface area contributed by atoms with E-state index in [0.717, 1.165) is 38.5 Å². The molecule has 32 heavy (non-hydrogen) atoms. The van der Waals surface area contributed by atoms with E-state index < -0.39 is 40.5 Å². The van der Waals surface area contributed by atoms with E-state index in [1.807, 2.05) is 0 Å². The molecule has 0 bridgehead atoms. The molecule has 0 fully saturated rings. The summed E-state index contributed by atoms with van der Waals surface area (Å²) in [6.45, 7) is 6.68. The molecule has 186 valence electrons. The molecule has 0 saturated carbocycles. The van der Waals surface area contributed by atoms with Crippen LogP contribution in [0.15, 0.2) is 12.2 Å². The van der Waals surface area contributed by atoms with Gasteiger partial charge in [0.25, 0.3) is 0 Å². The maximum atomic E-state index is 11.7. The highest BCUT2D eigenvalue weighted by Crippen LogP contribution is 2.27. The van der Waals surface area contributed by atoms with Crippen molar-refractivity contribution in [1.82, 2.24) is 0 Å². The van der Waals surface area contributed by atoms with Crippen LogP contribution in [0.3, 0.4) is 0 Å². The highest BCUT2D eigenvalue weighted by Gasteiger charge is 2.52. The molecule has 0 aliphatic heterocycles. The van der Waals surface area contributed by atoms with E-state index in [1.54, 1.807) is 0 Å². The molecule has 0 aliphatic carbocycles. The Kier molecular flexibility index (Phi) is 15.7. The number of nitrogens with zero attached hydrogens (tertiary/aromatic N) is 1. The predicted octanol–water partition coefficient (Wildman–Crippen LogP) is 5.48. The topological polar surface area (TPSA) is 112 Å². The summed E-state index contributed by atoms with van der Waals surface area (Å²) in [4.78, 5) is 35.2. The average molecular weight is 457 g/mol. The Labute approximate surface area is 194 Å². The Hall–Kier alpha value is -1.89. The van der Waals surface area contributed by atoms with Crippen LogP contribution in [0.5, 0.6) is 0 Å². The monoisotopic (exact) mass is 456 g/mol. The molecular formula is C25H46NO6+. The van der Waals surface area contributed by atoms with Crippen LogP contribution in [-0.2, 0) is 14.4 Å². The Morgan fingerprint density at radius 2 is 0.969 bits per heavy atom. The summed E-state index contributed by atoms with van der Waals surface area (Å²) in [5, 5.41) is 28.8. The number of carboxylic acids is 3. The molecule has 7 nitrogen and oxygen atoms in total. The first-order valence-electron chi connectivity index (χ1n) is 12.3. The van der Waals surface area contributed by atoms with Crippen molar-refractivity contribution in [2.45, 2.75) is 123 Å². The van der Waals surface area contributed by atoms with Gasteiger partial charge in [0.15, 0.2) is 18.1 Å². The van der Waals surface area contributed by atoms with Crippen LogP contribution in [0.4, 0.5) is 0 Å². The fourth-order valence-electron chi connectivity index (χ4n) is 4.48. The van der Waals surface area contributed by atoms with Crippen LogP contribution in [-0.4, -0.2) is 62.4 Å².